The molecule has 0 aromatic carbocycles. The lowest BCUT2D eigenvalue weighted by atomic mass is 9.94. The van der Waals surface area contributed by atoms with E-state index in [1.807, 2.05) is 12.4 Å². The summed E-state index contributed by atoms with van der Waals surface area (Å²) >= 11 is 0. The van der Waals surface area contributed by atoms with Crippen molar-refractivity contribution in [1.82, 2.24) is 9.88 Å². The molecule has 1 aromatic heterocycles. The van der Waals surface area contributed by atoms with Gasteiger partial charge in [-0.3, -0.25) is 9.88 Å². The second-order valence-corrected chi connectivity index (χ2v) is 4.66. The van der Waals surface area contributed by atoms with Gasteiger partial charge in [-0.25, -0.2) is 0 Å². The van der Waals surface area contributed by atoms with Crippen LogP contribution in [-0.4, -0.2) is 29.0 Å². The van der Waals surface area contributed by atoms with E-state index in [1.165, 1.54) is 5.56 Å². The molecule has 3 heteroatoms. The van der Waals surface area contributed by atoms with Gasteiger partial charge in [0.1, 0.15) is 0 Å². The third kappa shape index (κ3) is 3.29. The Labute approximate surface area is 98.7 Å². The molecule has 0 saturated carbocycles. The predicted octanol–water partition coefficient (Wildman–Crippen LogP) is 2.03. The Hall–Kier alpha value is -0.930. The molecule has 3 nitrogen and oxygen atoms in total. The molecule has 1 rings (SSSR count). The maximum Gasteiger partial charge on any atom is 0.0304 e. The van der Waals surface area contributed by atoms with Crippen molar-refractivity contribution in [3.05, 3.63) is 30.1 Å². The maximum atomic E-state index is 5.89. The third-order valence-electron chi connectivity index (χ3n) is 3.32. The van der Waals surface area contributed by atoms with Gasteiger partial charge in [-0.05, 0) is 38.1 Å². The second kappa shape index (κ2) is 5.97. The highest BCUT2D eigenvalue weighted by atomic mass is 15.2. The zero-order valence-corrected chi connectivity index (χ0v) is 10.6. The average Bonchev–Trinajstić information content (AvgIpc) is 2.30. The van der Waals surface area contributed by atoms with Crippen molar-refractivity contribution in [2.75, 3.05) is 13.6 Å². The van der Waals surface area contributed by atoms with Crippen molar-refractivity contribution in [3.63, 3.8) is 0 Å². The average molecular weight is 221 g/mol. The van der Waals surface area contributed by atoms with Crippen LogP contribution in [0.1, 0.15) is 32.3 Å². The van der Waals surface area contributed by atoms with E-state index in [4.69, 9.17) is 5.73 Å². The molecule has 0 radical (unpaired) electrons. The van der Waals surface area contributed by atoms with Gasteiger partial charge in [0, 0.05) is 31.0 Å². The number of hydrogen-bond acceptors (Lipinski definition) is 3. The summed E-state index contributed by atoms with van der Waals surface area (Å²) in [5.41, 5.74) is 7.27. The van der Waals surface area contributed by atoms with Crippen molar-refractivity contribution < 1.29 is 0 Å². The molecule has 0 fully saturated rings. The number of nitrogens with zero attached hydrogens (tertiary/aromatic N) is 2. The smallest absolute Gasteiger partial charge is 0.0304 e. The molecular formula is C13H23N3. The van der Waals surface area contributed by atoms with Gasteiger partial charge in [0.2, 0.25) is 0 Å². The van der Waals surface area contributed by atoms with E-state index < -0.39 is 0 Å². The summed E-state index contributed by atoms with van der Waals surface area (Å²) in [5, 5.41) is 0. The van der Waals surface area contributed by atoms with E-state index >= 15 is 0 Å². The molecule has 16 heavy (non-hydrogen) atoms. The fourth-order valence-electron chi connectivity index (χ4n) is 1.94. The second-order valence-electron chi connectivity index (χ2n) is 4.66. The molecule has 1 atom stereocenters. The fraction of sp³-hybridized carbons (Fsp3) is 0.615. The Balaban J connectivity index is 2.66. The van der Waals surface area contributed by atoms with Crippen LogP contribution < -0.4 is 5.73 Å². The van der Waals surface area contributed by atoms with Crippen molar-refractivity contribution in [2.45, 2.75) is 38.8 Å². The van der Waals surface area contributed by atoms with E-state index in [2.05, 4.69) is 42.9 Å². The highest BCUT2D eigenvalue weighted by Gasteiger charge is 2.26. The normalized spacial score (nSPS) is 15.1. The van der Waals surface area contributed by atoms with Gasteiger partial charge in [0.05, 0.1) is 0 Å². The van der Waals surface area contributed by atoms with Gasteiger partial charge in [0.15, 0.2) is 0 Å². The zero-order valence-electron chi connectivity index (χ0n) is 10.6. The Bertz CT molecular complexity index is 299. The minimum atomic E-state index is 0.0953. The maximum absolute atomic E-state index is 5.89. The lowest BCUT2D eigenvalue weighted by Gasteiger charge is -2.38. The summed E-state index contributed by atoms with van der Waals surface area (Å²) < 4.78 is 0. The van der Waals surface area contributed by atoms with Crippen LogP contribution in [0.4, 0.5) is 0 Å². The van der Waals surface area contributed by atoms with Crippen LogP contribution in [-0.2, 0) is 6.54 Å². The first kappa shape index (κ1) is 13.1. The van der Waals surface area contributed by atoms with Gasteiger partial charge in [-0.1, -0.05) is 13.3 Å². The summed E-state index contributed by atoms with van der Waals surface area (Å²) in [6.07, 6.45) is 5.96. The Morgan fingerprint density at radius 3 is 2.50 bits per heavy atom. The first-order valence-electron chi connectivity index (χ1n) is 5.92. The van der Waals surface area contributed by atoms with E-state index in [1.54, 1.807) is 0 Å². The van der Waals surface area contributed by atoms with Crippen LogP contribution >= 0.6 is 0 Å². The lowest BCUT2D eigenvalue weighted by molar-refractivity contribution is 0.125. The Morgan fingerprint density at radius 2 is 2.00 bits per heavy atom. The zero-order chi connectivity index (χ0) is 12.0. The molecule has 0 spiro atoms. The molecule has 0 saturated heterocycles. The number of nitrogens with two attached hydrogens (primary N) is 1. The number of likely N-dealkylation sites (N-methyl/N-ethyl adjacent to an activating group) is 1. The largest absolute Gasteiger partial charge is 0.329 e. The van der Waals surface area contributed by atoms with E-state index in [9.17, 15) is 0 Å². The summed E-state index contributed by atoms with van der Waals surface area (Å²) in [5.74, 6) is 0. The van der Waals surface area contributed by atoms with Gasteiger partial charge < -0.3 is 5.73 Å². The van der Waals surface area contributed by atoms with E-state index in [-0.39, 0.29) is 5.54 Å². The molecule has 1 aromatic rings. The Kier molecular flexibility index (Phi) is 4.90. The van der Waals surface area contributed by atoms with Gasteiger partial charge >= 0.3 is 0 Å². The molecule has 0 aliphatic rings. The number of pyridine rings is 1. The summed E-state index contributed by atoms with van der Waals surface area (Å²) in [6, 6.07) is 4.11. The van der Waals surface area contributed by atoms with Crippen LogP contribution in [0.3, 0.4) is 0 Å². The first-order valence-corrected chi connectivity index (χ1v) is 5.92. The lowest BCUT2D eigenvalue weighted by Crippen LogP contribution is -2.49. The molecule has 0 bridgehead atoms. The van der Waals surface area contributed by atoms with Crippen molar-refractivity contribution in [1.29, 1.82) is 0 Å². The van der Waals surface area contributed by atoms with E-state index in [0.717, 1.165) is 19.4 Å². The quantitative estimate of drug-likeness (QED) is 0.799. The predicted molar refractivity (Wildman–Crippen MR) is 68.1 cm³/mol. The molecule has 0 aliphatic heterocycles. The van der Waals surface area contributed by atoms with Gasteiger partial charge in [-0.15, -0.1) is 0 Å². The minimum absolute atomic E-state index is 0.0953. The van der Waals surface area contributed by atoms with Crippen molar-refractivity contribution in [2.24, 2.45) is 5.73 Å². The van der Waals surface area contributed by atoms with Crippen LogP contribution in [0.25, 0.3) is 0 Å². The molecule has 0 amide bonds. The van der Waals surface area contributed by atoms with Crippen LogP contribution in [0.2, 0.25) is 0 Å². The standard InChI is InChI=1S/C13H23N3/c1-4-7-13(2,11-14)16(3)10-12-5-8-15-9-6-12/h5-6,8-9H,4,7,10-11,14H2,1-3H3. The summed E-state index contributed by atoms with van der Waals surface area (Å²) in [6.45, 7) is 6.06. The van der Waals surface area contributed by atoms with Gasteiger partial charge in [0.25, 0.3) is 0 Å². The number of hydrogen-bond donors (Lipinski definition) is 1. The fourth-order valence-corrected chi connectivity index (χ4v) is 1.94. The number of aromatic nitrogens is 1. The van der Waals surface area contributed by atoms with Crippen LogP contribution in [0.5, 0.6) is 0 Å². The molecule has 1 unspecified atom stereocenters. The molecule has 2 N–H and O–H groups in total. The number of rotatable bonds is 6. The third-order valence-corrected chi connectivity index (χ3v) is 3.32. The molecule has 1 heterocycles. The summed E-state index contributed by atoms with van der Waals surface area (Å²) in [4.78, 5) is 6.37. The summed E-state index contributed by atoms with van der Waals surface area (Å²) in [7, 11) is 2.14. The van der Waals surface area contributed by atoms with Crippen LogP contribution in [0.15, 0.2) is 24.5 Å². The SMILES string of the molecule is CCCC(C)(CN)N(C)Cc1ccncc1. The van der Waals surface area contributed by atoms with Crippen molar-refractivity contribution in [3.8, 4) is 0 Å². The highest BCUT2D eigenvalue weighted by Crippen LogP contribution is 2.20. The molecular weight excluding hydrogens is 198 g/mol. The topological polar surface area (TPSA) is 42.1 Å². The monoisotopic (exact) mass is 221 g/mol. The highest BCUT2D eigenvalue weighted by molar-refractivity contribution is 5.10. The molecule has 90 valence electrons. The van der Waals surface area contributed by atoms with Crippen LogP contribution in [0, 0.1) is 0 Å². The minimum Gasteiger partial charge on any atom is -0.329 e. The Morgan fingerprint density at radius 1 is 1.38 bits per heavy atom. The molecule has 0 aliphatic carbocycles. The van der Waals surface area contributed by atoms with Crippen molar-refractivity contribution >= 4 is 0 Å². The first-order chi connectivity index (χ1) is 7.62. The van der Waals surface area contributed by atoms with Gasteiger partial charge in [-0.2, -0.15) is 0 Å². The van der Waals surface area contributed by atoms with E-state index in [0.29, 0.717) is 6.54 Å².